The molecule has 1 heterocycles. The predicted molar refractivity (Wildman–Crippen MR) is 55.6 cm³/mol. The van der Waals surface area contributed by atoms with Crippen LogP contribution >= 0.6 is 0 Å². The minimum absolute atomic E-state index is 0.0449. The number of carbonyl (C=O) groups is 1. The van der Waals surface area contributed by atoms with Crippen LogP contribution < -0.4 is 0 Å². The molecule has 1 atom stereocenters. The Balaban J connectivity index is 2.80. The number of likely N-dealkylation sites (N-methyl/N-ethyl adjacent to an activating group) is 1. The van der Waals surface area contributed by atoms with E-state index in [2.05, 4.69) is 11.6 Å². The molecule has 1 aromatic rings. The van der Waals surface area contributed by atoms with Gasteiger partial charge in [0.25, 0.3) is 0 Å². The Morgan fingerprint density at radius 1 is 1.57 bits per heavy atom. The number of nitrogens with zero attached hydrogens (tertiary/aromatic N) is 2. The van der Waals surface area contributed by atoms with Crippen LogP contribution in [-0.4, -0.2) is 22.8 Å². The summed E-state index contributed by atoms with van der Waals surface area (Å²) in [5.74, 6) is -0.0747. The molecule has 3 nitrogen and oxygen atoms in total. The molecule has 74 valence electrons. The van der Waals surface area contributed by atoms with Gasteiger partial charge in [0.1, 0.15) is 0 Å². The van der Waals surface area contributed by atoms with Crippen LogP contribution in [0.2, 0.25) is 0 Å². The van der Waals surface area contributed by atoms with Crippen molar-refractivity contribution in [2.45, 2.75) is 13.0 Å². The van der Waals surface area contributed by atoms with E-state index >= 15 is 0 Å². The van der Waals surface area contributed by atoms with Crippen molar-refractivity contribution in [2.75, 3.05) is 7.05 Å². The van der Waals surface area contributed by atoms with Crippen LogP contribution in [0.1, 0.15) is 18.5 Å². The number of amides is 1. The highest BCUT2D eigenvalue weighted by atomic mass is 16.2. The fourth-order valence-electron chi connectivity index (χ4n) is 1.20. The molecule has 1 rings (SSSR count). The maximum absolute atomic E-state index is 11.3. The molecule has 0 aromatic carbocycles. The number of aromatic nitrogens is 1. The molecule has 0 aliphatic heterocycles. The minimum atomic E-state index is -0.0747. The van der Waals surface area contributed by atoms with Crippen molar-refractivity contribution in [3.05, 3.63) is 42.7 Å². The van der Waals surface area contributed by atoms with E-state index in [0.717, 1.165) is 5.56 Å². The highest BCUT2D eigenvalue weighted by molar-refractivity contribution is 5.87. The lowest BCUT2D eigenvalue weighted by Crippen LogP contribution is -2.27. The van der Waals surface area contributed by atoms with Crippen LogP contribution in [0.3, 0.4) is 0 Å². The van der Waals surface area contributed by atoms with Crippen molar-refractivity contribution in [1.29, 1.82) is 0 Å². The first-order valence-corrected chi connectivity index (χ1v) is 4.46. The zero-order valence-electron chi connectivity index (χ0n) is 8.47. The molecule has 0 fully saturated rings. The van der Waals surface area contributed by atoms with E-state index in [4.69, 9.17) is 0 Å². The number of hydrogen-bond donors (Lipinski definition) is 0. The van der Waals surface area contributed by atoms with E-state index in [0.29, 0.717) is 0 Å². The summed E-state index contributed by atoms with van der Waals surface area (Å²) in [5.41, 5.74) is 1.07. The smallest absolute Gasteiger partial charge is 0.246 e. The van der Waals surface area contributed by atoms with Gasteiger partial charge in [-0.2, -0.15) is 0 Å². The normalized spacial score (nSPS) is 11.9. The van der Waals surface area contributed by atoms with E-state index in [1.54, 1.807) is 24.3 Å². The Kier molecular flexibility index (Phi) is 3.40. The summed E-state index contributed by atoms with van der Waals surface area (Å²) in [5, 5.41) is 0. The van der Waals surface area contributed by atoms with E-state index in [9.17, 15) is 4.79 Å². The summed E-state index contributed by atoms with van der Waals surface area (Å²) in [7, 11) is 1.76. The number of pyridine rings is 1. The zero-order chi connectivity index (χ0) is 10.6. The highest BCUT2D eigenvalue weighted by Crippen LogP contribution is 2.17. The second-order valence-electron chi connectivity index (χ2n) is 3.11. The SMILES string of the molecule is C=CC(=O)N(C)C(C)c1ccncc1. The standard InChI is InChI=1S/C11H14N2O/c1-4-11(14)13(3)9(2)10-5-7-12-8-6-10/h4-9H,1H2,2-3H3. The maximum atomic E-state index is 11.3. The summed E-state index contributed by atoms with van der Waals surface area (Å²) in [6.07, 6.45) is 4.76. The van der Waals surface area contributed by atoms with Crippen molar-refractivity contribution in [2.24, 2.45) is 0 Å². The summed E-state index contributed by atoms with van der Waals surface area (Å²) < 4.78 is 0. The molecule has 1 aromatic heterocycles. The fourth-order valence-corrected chi connectivity index (χ4v) is 1.20. The number of rotatable bonds is 3. The Labute approximate surface area is 84.1 Å². The zero-order valence-corrected chi connectivity index (χ0v) is 8.47. The van der Waals surface area contributed by atoms with E-state index in [-0.39, 0.29) is 11.9 Å². The third-order valence-electron chi connectivity index (χ3n) is 2.29. The molecule has 0 N–H and O–H groups in total. The topological polar surface area (TPSA) is 33.2 Å². The van der Waals surface area contributed by atoms with Crippen molar-refractivity contribution in [3.8, 4) is 0 Å². The van der Waals surface area contributed by atoms with Gasteiger partial charge in [0, 0.05) is 19.4 Å². The van der Waals surface area contributed by atoms with Gasteiger partial charge in [0.2, 0.25) is 5.91 Å². The maximum Gasteiger partial charge on any atom is 0.246 e. The summed E-state index contributed by atoms with van der Waals surface area (Å²) in [6, 6.07) is 3.85. The summed E-state index contributed by atoms with van der Waals surface area (Å²) in [4.78, 5) is 16.9. The average molecular weight is 190 g/mol. The largest absolute Gasteiger partial charge is 0.335 e. The first-order valence-electron chi connectivity index (χ1n) is 4.46. The van der Waals surface area contributed by atoms with Crippen LogP contribution in [-0.2, 0) is 4.79 Å². The van der Waals surface area contributed by atoms with Gasteiger partial charge >= 0.3 is 0 Å². The first kappa shape index (κ1) is 10.4. The van der Waals surface area contributed by atoms with Crippen LogP contribution in [0.25, 0.3) is 0 Å². The molecule has 0 aliphatic rings. The third-order valence-corrected chi connectivity index (χ3v) is 2.29. The molecule has 0 spiro atoms. The minimum Gasteiger partial charge on any atom is -0.335 e. The first-order chi connectivity index (χ1) is 6.66. The van der Waals surface area contributed by atoms with Crippen molar-refractivity contribution in [3.63, 3.8) is 0 Å². The quantitative estimate of drug-likeness (QED) is 0.681. The number of carbonyl (C=O) groups excluding carboxylic acids is 1. The van der Waals surface area contributed by atoms with Gasteiger partial charge in [-0.25, -0.2) is 0 Å². The molecule has 0 saturated heterocycles. The van der Waals surface area contributed by atoms with E-state index in [1.807, 2.05) is 19.1 Å². The Hall–Kier alpha value is -1.64. The molecule has 3 heteroatoms. The van der Waals surface area contributed by atoms with Gasteiger partial charge < -0.3 is 4.90 Å². The van der Waals surface area contributed by atoms with E-state index in [1.165, 1.54) is 6.08 Å². The molecular formula is C11H14N2O. The summed E-state index contributed by atoms with van der Waals surface area (Å²) in [6.45, 7) is 5.42. The van der Waals surface area contributed by atoms with Gasteiger partial charge in [0.15, 0.2) is 0 Å². The fraction of sp³-hybridized carbons (Fsp3) is 0.273. The molecule has 0 bridgehead atoms. The molecule has 0 aliphatic carbocycles. The van der Waals surface area contributed by atoms with Crippen LogP contribution in [0, 0.1) is 0 Å². The molecule has 1 unspecified atom stereocenters. The van der Waals surface area contributed by atoms with Crippen molar-refractivity contribution < 1.29 is 4.79 Å². The Morgan fingerprint density at radius 3 is 2.64 bits per heavy atom. The average Bonchev–Trinajstić information content (AvgIpc) is 2.27. The molecule has 1 amide bonds. The Morgan fingerprint density at radius 2 is 2.14 bits per heavy atom. The van der Waals surface area contributed by atoms with E-state index < -0.39 is 0 Å². The third kappa shape index (κ3) is 2.19. The van der Waals surface area contributed by atoms with Crippen molar-refractivity contribution in [1.82, 2.24) is 9.88 Å². The Bertz CT molecular complexity index is 321. The molecule has 14 heavy (non-hydrogen) atoms. The highest BCUT2D eigenvalue weighted by Gasteiger charge is 2.14. The van der Waals surface area contributed by atoms with Gasteiger partial charge in [-0.15, -0.1) is 0 Å². The molecular weight excluding hydrogens is 176 g/mol. The number of hydrogen-bond acceptors (Lipinski definition) is 2. The van der Waals surface area contributed by atoms with Crippen LogP contribution in [0.5, 0.6) is 0 Å². The van der Waals surface area contributed by atoms with Gasteiger partial charge in [-0.05, 0) is 30.7 Å². The van der Waals surface area contributed by atoms with Gasteiger partial charge in [0.05, 0.1) is 6.04 Å². The second kappa shape index (κ2) is 4.56. The lowest BCUT2D eigenvalue weighted by molar-refractivity contribution is -0.126. The monoisotopic (exact) mass is 190 g/mol. The van der Waals surface area contributed by atoms with Crippen LogP contribution in [0.4, 0.5) is 0 Å². The molecule has 0 radical (unpaired) electrons. The lowest BCUT2D eigenvalue weighted by atomic mass is 10.1. The lowest BCUT2D eigenvalue weighted by Gasteiger charge is -2.23. The van der Waals surface area contributed by atoms with Gasteiger partial charge in [-0.3, -0.25) is 9.78 Å². The summed E-state index contributed by atoms with van der Waals surface area (Å²) >= 11 is 0. The molecule has 0 saturated carbocycles. The van der Waals surface area contributed by atoms with Crippen molar-refractivity contribution >= 4 is 5.91 Å². The second-order valence-corrected chi connectivity index (χ2v) is 3.11. The predicted octanol–water partition coefficient (Wildman–Crippen LogP) is 1.79. The van der Waals surface area contributed by atoms with Crippen LogP contribution in [0.15, 0.2) is 37.2 Å². The van der Waals surface area contributed by atoms with Gasteiger partial charge in [-0.1, -0.05) is 6.58 Å².